The zero-order valence-electron chi connectivity index (χ0n) is 12.3. The average Bonchev–Trinajstić information content (AvgIpc) is 2.96. The van der Waals surface area contributed by atoms with Crippen molar-refractivity contribution in [1.29, 1.82) is 5.41 Å². The van der Waals surface area contributed by atoms with Crippen molar-refractivity contribution in [2.24, 2.45) is 7.05 Å². The van der Waals surface area contributed by atoms with Crippen molar-refractivity contribution in [2.45, 2.75) is 0 Å². The summed E-state index contributed by atoms with van der Waals surface area (Å²) in [5.74, 6) is 0.295. The summed E-state index contributed by atoms with van der Waals surface area (Å²) < 4.78 is 1.67. The predicted octanol–water partition coefficient (Wildman–Crippen LogP) is 2.36. The average molecular weight is 328 g/mol. The lowest BCUT2D eigenvalue weighted by molar-refractivity contribution is 0.770. The second-order valence-corrected chi connectivity index (χ2v) is 5.38. The first-order chi connectivity index (χ1) is 11.0. The molecule has 0 amide bonds. The standard InChI is InChI=1S/C15H14ClN7/c1-23-3-2-11(22-23)15-14(20-7-12(18)21-15)8-4-9(6-17)13(19)10(16)5-8/h2-7,17H,19H2,1H3,(H2,18,21). The lowest BCUT2D eigenvalue weighted by atomic mass is 10.0. The molecule has 0 radical (unpaired) electrons. The first-order valence-corrected chi connectivity index (χ1v) is 7.10. The summed E-state index contributed by atoms with van der Waals surface area (Å²) in [7, 11) is 1.82. The van der Waals surface area contributed by atoms with Crippen LogP contribution in [-0.4, -0.2) is 26.0 Å². The van der Waals surface area contributed by atoms with Crippen molar-refractivity contribution in [3.05, 3.63) is 41.2 Å². The summed E-state index contributed by atoms with van der Waals surface area (Å²) in [5.41, 5.74) is 14.9. The fourth-order valence-electron chi connectivity index (χ4n) is 2.23. The zero-order chi connectivity index (χ0) is 16.6. The number of anilines is 2. The van der Waals surface area contributed by atoms with Crippen LogP contribution in [0.15, 0.2) is 30.6 Å². The predicted molar refractivity (Wildman–Crippen MR) is 91.4 cm³/mol. The normalized spacial score (nSPS) is 10.7. The molecule has 3 rings (SSSR count). The highest BCUT2D eigenvalue weighted by Crippen LogP contribution is 2.33. The van der Waals surface area contributed by atoms with Crippen LogP contribution in [-0.2, 0) is 7.05 Å². The molecule has 0 spiro atoms. The Morgan fingerprint density at radius 1 is 1.26 bits per heavy atom. The SMILES string of the molecule is Cn1ccc(-c2nc(N)cnc2-c2cc(Cl)c(N)c(C=N)c2)n1. The fourth-order valence-corrected chi connectivity index (χ4v) is 2.46. The van der Waals surface area contributed by atoms with E-state index in [1.54, 1.807) is 16.8 Å². The first-order valence-electron chi connectivity index (χ1n) is 6.72. The summed E-state index contributed by atoms with van der Waals surface area (Å²) in [6.45, 7) is 0. The monoisotopic (exact) mass is 327 g/mol. The van der Waals surface area contributed by atoms with Gasteiger partial charge in [-0.2, -0.15) is 5.10 Å². The zero-order valence-corrected chi connectivity index (χ0v) is 13.0. The molecule has 0 saturated carbocycles. The van der Waals surface area contributed by atoms with Crippen LogP contribution in [0.3, 0.4) is 0 Å². The molecule has 0 aliphatic rings. The minimum atomic E-state index is 0.295. The van der Waals surface area contributed by atoms with Gasteiger partial charge in [0, 0.05) is 30.6 Å². The Morgan fingerprint density at radius 3 is 2.70 bits per heavy atom. The number of nitrogens with zero attached hydrogens (tertiary/aromatic N) is 4. The number of hydrogen-bond acceptors (Lipinski definition) is 6. The number of halogens is 1. The molecule has 23 heavy (non-hydrogen) atoms. The topological polar surface area (TPSA) is 119 Å². The van der Waals surface area contributed by atoms with Gasteiger partial charge in [-0.15, -0.1) is 0 Å². The van der Waals surface area contributed by atoms with Crippen molar-refractivity contribution >= 4 is 29.3 Å². The van der Waals surface area contributed by atoms with Crippen molar-refractivity contribution in [3.63, 3.8) is 0 Å². The number of nitrogens with one attached hydrogen (secondary N) is 1. The molecule has 2 aromatic heterocycles. The molecule has 0 atom stereocenters. The molecule has 0 aliphatic heterocycles. The van der Waals surface area contributed by atoms with Gasteiger partial charge >= 0.3 is 0 Å². The highest BCUT2D eigenvalue weighted by Gasteiger charge is 2.16. The van der Waals surface area contributed by atoms with Crippen LogP contribution in [0, 0.1) is 5.41 Å². The van der Waals surface area contributed by atoms with Crippen molar-refractivity contribution in [2.75, 3.05) is 11.5 Å². The van der Waals surface area contributed by atoms with Crippen LogP contribution in [0.25, 0.3) is 22.6 Å². The third-order valence-electron chi connectivity index (χ3n) is 3.34. The quantitative estimate of drug-likeness (QED) is 0.504. The molecular weight excluding hydrogens is 314 g/mol. The van der Waals surface area contributed by atoms with Crippen LogP contribution in [0.1, 0.15) is 5.56 Å². The maximum Gasteiger partial charge on any atom is 0.142 e. The van der Waals surface area contributed by atoms with E-state index in [0.717, 1.165) is 6.21 Å². The Labute approximate surface area is 137 Å². The minimum Gasteiger partial charge on any atom is -0.397 e. The number of nitrogen functional groups attached to an aromatic ring is 2. The van der Waals surface area contributed by atoms with Crippen molar-refractivity contribution in [3.8, 4) is 22.6 Å². The van der Waals surface area contributed by atoms with Gasteiger partial charge in [0.1, 0.15) is 17.2 Å². The fraction of sp³-hybridized carbons (Fsp3) is 0.0667. The van der Waals surface area contributed by atoms with E-state index in [9.17, 15) is 0 Å². The molecule has 7 nitrogen and oxygen atoms in total. The molecular formula is C15H14ClN7. The minimum absolute atomic E-state index is 0.295. The maximum atomic E-state index is 7.46. The number of rotatable bonds is 3. The van der Waals surface area contributed by atoms with Gasteiger partial charge in [0.2, 0.25) is 0 Å². The first kappa shape index (κ1) is 15.0. The molecule has 8 heteroatoms. The van der Waals surface area contributed by atoms with E-state index in [4.69, 9.17) is 28.5 Å². The number of aromatic nitrogens is 4. The second-order valence-electron chi connectivity index (χ2n) is 4.97. The summed E-state index contributed by atoms with van der Waals surface area (Å²) in [4.78, 5) is 8.72. The number of hydrogen-bond donors (Lipinski definition) is 3. The summed E-state index contributed by atoms with van der Waals surface area (Å²) >= 11 is 6.16. The second kappa shape index (κ2) is 5.69. The van der Waals surface area contributed by atoms with E-state index in [-0.39, 0.29) is 0 Å². The molecule has 0 unspecified atom stereocenters. The van der Waals surface area contributed by atoms with Gasteiger partial charge in [-0.25, -0.2) is 4.98 Å². The maximum absolute atomic E-state index is 7.46. The van der Waals surface area contributed by atoms with Crippen LogP contribution in [0.4, 0.5) is 11.5 Å². The summed E-state index contributed by atoms with van der Waals surface area (Å²) in [6.07, 6.45) is 4.43. The van der Waals surface area contributed by atoms with E-state index in [2.05, 4.69) is 15.1 Å². The lowest BCUT2D eigenvalue weighted by Gasteiger charge is -2.10. The van der Waals surface area contributed by atoms with E-state index in [1.807, 2.05) is 19.3 Å². The molecule has 0 bridgehead atoms. The molecule has 0 aliphatic carbocycles. The Bertz CT molecular complexity index is 901. The third-order valence-corrected chi connectivity index (χ3v) is 3.65. The van der Waals surface area contributed by atoms with Gasteiger partial charge in [0.25, 0.3) is 0 Å². The highest BCUT2D eigenvalue weighted by molar-refractivity contribution is 6.34. The smallest absolute Gasteiger partial charge is 0.142 e. The summed E-state index contributed by atoms with van der Waals surface area (Å²) in [6, 6.07) is 5.25. The van der Waals surface area contributed by atoms with Crippen LogP contribution in [0.2, 0.25) is 5.02 Å². The highest BCUT2D eigenvalue weighted by atomic mass is 35.5. The van der Waals surface area contributed by atoms with Gasteiger partial charge in [-0.05, 0) is 18.2 Å². The van der Waals surface area contributed by atoms with Crippen molar-refractivity contribution in [1.82, 2.24) is 19.7 Å². The molecule has 116 valence electrons. The molecule has 0 saturated heterocycles. The number of nitrogens with two attached hydrogens (primary N) is 2. The molecule has 3 aromatic rings. The van der Waals surface area contributed by atoms with Gasteiger partial charge in [-0.1, -0.05) is 11.6 Å². The van der Waals surface area contributed by atoms with Crippen LogP contribution in [0.5, 0.6) is 0 Å². The van der Waals surface area contributed by atoms with Crippen molar-refractivity contribution < 1.29 is 0 Å². The van der Waals surface area contributed by atoms with Gasteiger partial charge < -0.3 is 16.9 Å². The van der Waals surface area contributed by atoms with Crippen LogP contribution >= 0.6 is 11.6 Å². The van der Waals surface area contributed by atoms with E-state index in [0.29, 0.717) is 44.7 Å². The van der Waals surface area contributed by atoms with E-state index >= 15 is 0 Å². The largest absolute Gasteiger partial charge is 0.397 e. The van der Waals surface area contributed by atoms with E-state index < -0.39 is 0 Å². The Kier molecular flexibility index (Phi) is 3.71. The molecule has 0 fully saturated rings. The Hall–Kier alpha value is -2.93. The summed E-state index contributed by atoms with van der Waals surface area (Å²) in [5, 5.41) is 12.2. The molecule has 2 heterocycles. The Morgan fingerprint density at radius 2 is 2.04 bits per heavy atom. The lowest BCUT2D eigenvalue weighted by Crippen LogP contribution is -2.01. The number of benzene rings is 1. The Balaban J connectivity index is 2.25. The van der Waals surface area contributed by atoms with Gasteiger partial charge in [0.05, 0.1) is 22.6 Å². The number of aryl methyl sites for hydroxylation is 1. The van der Waals surface area contributed by atoms with Crippen LogP contribution < -0.4 is 11.5 Å². The van der Waals surface area contributed by atoms with E-state index in [1.165, 1.54) is 6.20 Å². The van der Waals surface area contributed by atoms with Gasteiger partial charge in [0.15, 0.2) is 0 Å². The van der Waals surface area contributed by atoms with Gasteiger partial charge in [-0.3, -0.25) is 9.67 Å². The molecule has 1 aromatic carbocycles. The molecule has 5 N–H and O–H groups in total. The third kappa shape index (κ3) is 2.74.